The molecule has 2 rings (SSSR count). The lowest BCUT2D eigenvalue weighted by atomic mass is 9.87. The van der Waals surface area contributed by atoms with Crippen LogP contribution in [0.5, 0.6) is 0 Å². The molecule has 1 fully saturated rings. The van der Waals surface area contributed by atoms with Crippen molar-refractivity contribution in [2.75, 3.05) is 5.32 Å². The van der Waals surface area contributed by atoms with Crippen molar-refractivity contribution in [3.8, 4) is 0 Å². The SMILES string of the molecule is O=C(CC1CCCCC1)Nc1ncccc1Cl. The van der Waals surface area contributed by atoms with E-state index in [0.717, 1.165) is 0 Å². The van der Waals surface area contributed by atoms with Gasteiger partial charge in [0.2, 0.25) is 5.91 Å². The Morgan fingerprint density at radius 3 is 2.88 bits per heavy atom. The summed E-state index contributed by atoms with van der Waals surface area (Å²) in [6.07, 6.45) is 8.37. The molecule has 0 aliphatic heterocycles. The fourth-order valence-electron chi connectivity index (χ4n) is 2.31. The zero-order valence-electron chi connectivity index (χ0n) is 9.79. The van der Waals surface area contributed by atoms with Gasteiger partial charge in [0.25, 0.3) is 0 Å². The molecule has 0 atom stereocenters. The number of amides is 1. The van der Waals surface area contributed by atoms with E-state index in [4.69, 9.17) is 11.6 Å². The lowest BCUT2D eigenvalue weighted by molar-refractivity contribution is -0.117. The van der Waals surface area contributed by atoms with Crippen molar-refractivity contribution >= 4 is 23.3 Å². The van der Waals surface area contributed by atoms with Crippen molar-refractivity contribution in [2.45, 2.75) is 38.5 Å². The molecule has 0 spiro atoms. The van der Waals surface area contributed by atoms with E-state index >= 15 is 0 Å². The Hall–Kier alpha value is -1.09. The molecule has 0 saturated heterocycles. The number of pyridine rings is 1. The van der Waals surface area contributed by atoms with Gasteiger partial charge < -0.3 is 5.32 Å². The van der Waals surface area contributed by atoms with Crippen LogP contribution in [0.3, 0.4) is 0 Å². The maximum absolute atomic E-state index is 11.8. The minimum atomic E-state index is 0.0255. The zero-order chi connectivity index (χ0) is 12.1. The van der Waals surface area contributed by atoms with Gasteiger partial charge in [0, 0.05) is 12.6 Å². The van der Waals surface area contributed by atoms with Crippen LogP contribution in [0, 0.1) is 5.92 Å². The largest absolute Gasteiger partial charge is 0.309 e. The summed E-state index contributed by atoms with van der Waals surface area (Å²) >= 11 is 5.93. The maximum atomic E-state index is 11.8. The number of anilines is 1. The maximum Gasteiger partial charge on any atom is 0.225 e. The second-order valence-corrected chi connectivity index (χ2v) is 5.00. The Balaban J connectivity index is 1.86. The molecule has 1 amide bonds. The number of nitrogens with one attached hydrogen (secondary N) is 1. The van der Waals surface area contributed by atoms with Crippen LogP contribution in [0.1, 0.15) is 38.5 Å². The third-order valence-electron chi connectivity index (χ3n) is 3.22. The molecular formula is C13H17ClN2O. The lowest BCUT2D eigenvalue weighted by Gasteiger charge is -2.20. The molecule has 0 unspecified atom stereocenters. The van der Waals surface area contributed by atoms with Gasteiger partial charge in [0.05, 0.1) is 5.02 Å². The first-order valence-electron chi connectivity index (χ1n) is 6.16. The quantitative estimate of drug-likeness (QED) is 0.892. The Morgan fingerprint density at radius 1 is 1.41 bits per heavy atom. The monoisotopic (exact) mass is 252 g/mol. The molecule has 17 heavy (non-hydrogen) atoms. The third-order valence-corrected chi connectivity index (χ3v) is 3.52. The molecule has 1 saturated carbocycles. The molecule has 1 N–H and O–H groups in total. The van der Waals surface area contributed by atoms with Gasteiger partial charge in [-0.05, 0) is 30.9 Å². The first-order chi connectivity index (χ1) is 8.25. The average Bonchev–Trinajstić information content (AvgIpc) is 2.33. The van der Waals surface area contributed by atoms with Crippen molar-refractivity contribution in [2.24, 2.45) is 5.92 Å². The van der Waals surface area contributed by atoms with Crippen molar-refractivity contribution in [1.82, 2.24) is 4.98 Å². The molecule has 4 heteroatoms. The summed E-state index contributed by atoms with van der Waals surface area (Å²) in [7, 11) is 0. The Kier molecular flexibility index (Phi) is 4.37. The standard InChI is InChI=1S/C13H17ClN2O/c14-11-7-4-8-15-13(11)16-12(17)9-10-5-2-1-3-6-10/h4,7-8,10H,1-3,5-6,9H2,(H,15,16,17). The summed E-state index contributed by atoms with van der Waals surface area (Å²) in [6.45, 7) is 0. The number of halogens is 1. The van der Waals surface area contributed by atoms with E-state index < -0.39 is 0 Å². The second kappa shape index (κ2) is 6.01. The summed E-state index contributed by atoms with van der Waals surface area (Å²) in [5.41, 5.74) is 0. The fraction of sp³-hybridized carbons (Fsp3) is 0.538. The van der Waals surface area contributed by atoms with Crippen LogP contribution in [0.25, 0.3) is 0 Å². The van der Waals surface area contributed by atoms with Gasteiger partial charge in [-0.15, -0.1) is 0 Å². The van der Waals surface area contributed by atoms with Gasteiger partial charge in [0.1, 0.15) is 0 Å². The van der Waals surface area contributed by atoms with E-state index in [-0.39, 0.29) is 5.91 Å². The molecule has 1 aromatic rings. The van der Waals surface area contributed by atoms with Crippen LogP contribution in [0.4, 0.5) is 5.82 Å². The predicted molar refractivity (Wildman–Crippen MR) is 69.1 cm³/mol. The first-order valence-corrected chi connectivity index (χ1v) is 6.54. The van der Waals surface area contributed by atoms with E-state index in [2.05, 4.69) is 10.3 Å². The molecule has 0 bridgehead atoms. The highest BCUT2D eigenvalue weighted by Crippen LogP contribution is 2.27. The molecular weight excluding hydrogens is 236 g/mol. The van der Waals surface area contributed by atoms with Crippen molar-refractivity contribution < 1.29 is 4.79 Å². The zero-order valence-corrected chi connectivity index (χ0v) is 10.5. The third kappa shape index (κ3) is 3.70. The number of hydrogen-bond donors (Lipinski definition) is 1. The van der Waals surface area contributed by atoms with Gasteiger partial charge in [-0.3, -0.25) is 4.79 Å². The van der Waals surface area contributed by atoms with E-state index in [0.29, 0.717) is 23.2 Å². The number of nitrogens with zero attached hydrogens (tertiary/aromatic N) is 1. The summed E-state index contributed by atoms with van der Waals surface area (Å²) in [5, 5.41) is 3.27. The molecule has 0 aromatic carbocycles. The molecule has 0 radical (unpaired) electrons. The van der Waals surface area contributed by atoms with Gasteiger partial charge in [-0.2, -0.15) is 0 Å². The minimum Gasteiger partial charge on any atom is -0.309 e. The Bertz CT molecular complexity index is 389. The molecule has 3 nitrogen and oxygen atoms in total. The van der Waals surface area contributed by atoms with E-state index in [9.17, 15) is 4.79 Å². The van der Waals surface area contributed by atoms with Crippen LogP contribution in [0.15, 0.2) is 18.3 Å². The molecule has 92 valence electrons. The van der Waals surface area contributed by atoms with Crippen molar-refractivity contribution in [3.63, 3.8) is 0 Å². The normalized spacial score (nSPS) is 16.8. The summed E-state index contributed by atoms with van der Waals surface area (Å²) in [4.78, 5) is 15.9. The van der Waals surface area contributed by atoms with Crippen molar-refractivity contribution in [1.29, 1.82) is 0 Å². The number of rotatable bonds is 3. The van der Waals surface area contributed by atoms with Crippen molar-refractivity contribution in [3.05, 3.63) is 23.4 Å². The number of hydrogen-bond acceptors (Lipinski definition) is 2. The van der Waals surface area contributed by atoms with Crippen LogP contribution in [-0.2, 0) is 4.79 Å². The van der Waals surface area contributed by atoms with Crippen LogP contribution >= 0.6 is 11.6 Å². The molecule has 1 aromatic heterocycles. The van der Waals surface area contributed by atoms with E-state index in [1.54, 1.807) is 18.3 Å². The highest BCUT2D eigenvalue weighted by atomic mass is 35.5. The topological polar surface area (TPSA) is 42.0 Å². The highest BCUT2D eigenvalue weighted by molar-refractivity contribution is 6.33. The van der Waals surface area contributed by atoms with Gasteiger partial charge in [-0.1, -0.05) is 30.9 Å². The highest BCUT2D eigenvalue weighted by Gasteiger charge is 2.17. The average molecular weight is 253 g/mol. The smallest absolute Gasteiger partial charge is 0.225 e. The van der Waals surface area contributed by atoms with Crippen LogP contribution < -0.4 is 5.32 Å². The van der Waals surface area contributed by atoms with Gasteiger partial charge in [0.15, 0.2) is 5.82 Å². The summed E-state index contributed by atoms with van der Waals surface area (Å²) < 4.78 is 0. The summed E-state index contributed by atoms with van der Waals surface area (Å²) in [6, 6.07) is 3.48. The Morgan fingerprint density at radius 2 is 2.18 bits per heavy atom. The molecule has 1 heterocycles. The first kappa shape index (κ1) is 12.4. The minimum absolute atomic E-state index is 0.0255. The number of aromatic nitrogens is 1. The Labute approximate surface area is 107 Å². The van der Waals surface area contributed by atoms with Crippen LogP contribution in [0.2, 0.25) is 5.02 Å². The fourth-order valence-corrected chi connectivity index (χ4v) is 2.48. The molecule has 1 aliphatic carbocycles. The number of carbonyl (C=O) groups excluding carboxylic acids is 1. The molecule has 1 aliphatic rings. The van der Waals surface area contributed by atoms with Gasteiger partial charge >= 0.3 is 0 Å². The second-order valence-electron chi connectivity index (χ2n) is 4.59. The van der Waals surface area contributed by atoms with Crippen LogP contribution in [-0.4, -0.2) is 10.9 Å². The summed E-state index contributed by atoms with van der Waals surface area (Å²) in [5.74, 6) is 1.03. The van der Waals surface area contributed by atoms with E-state index in [1.165, 1.54) is 32.1 Å². The lowest BCUT2D eigenvalue weighted by Crippen LogP contribution is -2.19. The van der Waals surface area contributed by atoms with Gasteiger partial charge in [-0.25, -0.2) is 4.98 Å². The van der Waals surface area contributed by atoms with E-state index in [1.807, 2.05) is 0 Å². The predicted octanol–water partition coefficient (Wildman–Crippen LogP) is 3.64. The number of carbonyl (C=O) groups is 1.